The van der Waals surface area contributed by atoms with Crippen LogP contribution in [0, 0.1) is 12.8 Å². The van der Waals surface area contributed by atoms with Gasteiger partial charge in [-0.25, -0.2) is 14.5 Å². The van der Waals surface area contributed by atoms with Crippen LogP contribution in [0.25, 0.3) is 5.78 Å². The van der Waals surface area contributed by atoms with Crippen LogP contribution in [0.1, 0.15) is 57.0 Å². The van der Waals surface area contributed by atoms with Crippen molar-refractivity contribution in [1.29, 1.82) is 0 Å². The predicted molar refractivity (Wildman–Crippen MR) is 75.8 cm³/mol. The Morgan fingerprint density at radius 3 is 2.89 bits per heavy atom. The van der Waals surface area contributed by atoms with Gasteiger partial charge in [-0.3, -0.25) is 0 Å². The number of nitrogens with two attached hydrogens (primary N) is 1. The van der Waals surface area contributed by atoms with E-state index in [4.69, 9.17) is 5.73 Å². The van der Waals surface area contributed by atoms with Crippen LogP contribution in [0.15, 0.2) is 12.4 Å². The highest BCUT2D eigenvalue weighted by molar-refractivity contribution is 5.29. The van der Waals surface area contributed by atoms with E-state index in [9.17, 15) is 0 Å². The summed E-state index contributed by atoms with van der Waals surface area (Å²) in [5.74, 6) is 1.40. The average molecular weight is 261 g/mol. The van der Waals surface area contributed by atoms with Crippen LogP contribution in [-0.4, -0.2) is 19.6 Å². The number of nitrogens with zero attached hydrogens (tertiary/aromatic N) is 4. The van der Waals surface area contributed by atoms with E-state index in [2.05, 4.69) is 28.9 Å². The summed E-state index contributed by atoms with van der Waals surface area (Å²) >= 11 is 0. The van der Waals surface area contributed by atoms with Crippen molar-refractivity contribution < 1.29 is 0 Å². The molecule has 5 nitrogen and oxygen atoms in total. The zero-order valence-electron chi connectivity index (χ0n) is 12.0. The van der Waals surface area contributed by atoms with Gasteiger partial charge in [0.25, 0.3) is 5.78 Å². The van der Waals surface area contributed by atoms with Crippen molar-refractivity contribution in [3.63, 3.8) is 0 Å². The van der Waals surface area contributed by atoms with Crippen LogP contribution in [0.2, 0.25) is 0 Å². The number of fused-ring (bicyclic) bond motifs is 1. The highest BCUT2D eigenvalue weighted by atomic mass is 15.3. The third-order valence-corrected chi connectivity index (χ3v) is 3.61. The first-order chi connectivity index (χ1) is 9.10. The van der Waals surface area contributed by atoms with E-state index in [1.807, 2.05) is 13.1 Å². The Kier molecular flexibility index (Phi) is 4.47. The molecule has 0 amide bonds. The van der Waals surface area contributed by atoms with E-state index < -0.39 is 0 Å². The largest absolute Gasteiger partial charge is 0.323 e. The van der Waals surface area contributed by atoms with Crippen molar-refractivity contribution in [2.45, 2.75) is 52.5 Å². The molecule has 0 aliphatic heterocycles. The first kappa shape index (κ1) is 13.9. The minimum Gasteiger partial charge on any atom is -0.323 e. The second kappa shape index (κ2) is 6.10. The van der Waals surface area contributed by atoms with E-state index in [0.717, 1.165) is 30.1 Å². The van der Waals surface area contributed by atoms with Gasteiger partial charge < -0.3 is 5.73 Å². The van der Waals surface area contributed by atoms with Crippen molar-refractivity contribution >= 4 is 5.78 Å². The fraction of sp³-hybridized carbons (Fsp3) is 0.643. The molecule has 104 valence electrons. The van der Waals surface area contributed by atoms with Crippen LogP contribution in [-0.2, 0) is 0 Å². The Bertz CT molecular complexity index is 534. The number of imidazole rings is 1. The van der Waals surface area contributed by atoms with Crippen molar-refractivity contribution in [2.24, 2.45) is 11.7 Å². The van der Waals surface area contributed by atoms with E-state index >= 15 is 0 Å². The van der Waals surface area contributed by atoms with Gasteiger partial charge in [-0.15, -0.1) is 0 Å². The molecular weight excluding hydrogens is 238 g/mol. The fourth-order valence-electron chi connectivity index (χ4n) is 2.10. The molecule has 0 fully saturated rings. The summed E-state index contributed by atoms with van der Waals surface area (Å²) in [6.45, 7) is 6.43. The smallest absolute Gasteiger partial charge is 0.250 e. The Labute approximate surface area is 114 Å². The zero-order chi connectivity index (χ0) is 13.8. The molecule has 2 rings (SSSR count). The lowest BCUT2D eigenvalue weighted by atomic mass is 9.99. The highest BCUT2D eigenvalue weighted by Crippen LogP contribution is 2.19. The first-order valence-electron chi connectivity index (χ1n) is 7.04. The van der Waals surface area contributed by atoms with Crippen LogP contribution in [0.3, 0.4) is 0 Å². The summed E-state index contributed by atoms with van der Waals surface area (Å²) in [5, 5.41) is 4.34. The minimum absolute atomic E-state index is 0.0205. The molecule has 2 atom stereocenters. The topological polar surface area (TPSA) is 69.1 Å². The lowest BCUT2D eigenvalue weighted by molar-refractivity contribution is 0.463. The normalized spacial score (nSPS) is 14.7. The van der Waals surface area contributed by atoms with Crippen LogP contribution in [0.4, 0.5) is 0 Å². The fourth-order valence-corrected chi connectivity index (χ4v) is 2.10. The maximum atomic E-state index is 6.19. The molecule has 0 aliphatic rings. The van der Waals surface area contributed by atoms with Gasteiger partial charge in [0.05, 0.1) is 23.8 Å². The molecule has 2 aromatic rings. The van der Waals surface area contributed by atoms with Crippen molar-refractivity contribution in [2.75, 3.05) is 0 Å². The maximum Gasteiger partial charge on any atom is 0.250 e. The molecule has 2 N–H and O–H groups in total. The van der Waals surface area contributed by atoms with Gasteiger partial charge in [0.2, 0.25) is 0 Å². The van der Waals surface area contributed by atoms with E-state index in [1.165, 1.54) is 12.8 Å². The lowest BCUT2D eigenvalue weighted by Gasteiger charge is -2.11. The number of aryl methyl sites for hydroxylation is 1. The molecule has 0 spiro atoms. The van der Waals surface area contributed by atoms with E-state index in [0.29, 0.717) is 5.78 Å². The molecule has 2 heterocycles. The third-order valence-electron chi connectivity index (χ3n) is 3.61. The predicted octanol–water partition coefficient (Wildman–Crippen LogP) is 2.65. The van der Waals surface area contributed by atoms with E-state index in [1.54, 1.807) is 10.7 Å². The van der Waals surface area contributed by atoms with Gasteiger partial charge in [-0.1, -0.05) is 33.1 Å². The molecule has 0 radical (unpaired) electrons. The Balaban J connectivity index is 1.99. The SMILES string of the molecule is CCC(C)CCCC(N)c1cn2nc(C)cnc2n1. The van der Waals surface area contributed by atoms with Gasteiger partial charge >= 0.3 is 0 Å². The molecule has 5 heteroatoms. The summed E-state index contributed by atoms with van der Waals surface area (Å²) in [4.78, 5) is 8.68. The molecule has 0 bridgehead atoms. The number of hydrogen-bond donors (Lipinski definition) is 1. The summed E-state index contributed by atoms with van der Waals surface area (Å²) < 4.78 is 1.71. The Morgan fingerprint density at radius 2 is 2.16 bits per heavy atom. The van der Waals surface area contributed by atoms with Gasteiger partial charge in [-0.05, 0) is 19.3 Å². The summed E-state index contributed by atoms with van der Waals surface area (Å²) in [5.41, 5.74) is 7.95. The molecule has 0 saturated heterocycles. The molecule has 2 unspecified atom stereocenters. The van der Waals surface area contributed by atoms with Crippen molar-refractivity contribution in [3.05, 3.63) is 23.8 Å². The minimum atomic E-state index is -0.0205. The lowest BCUT2D eigenvalue weighted by Crippen LogP contribution is -2.11. The average Bonchev–Trinajstić information content (AvgIpc) is 2.81. The van der Waals surface area contributed by atoms with E-state index in [-0.39, 0.29) is 6.04 Å². The van der Waals surface area contributed by atoms with Gasteiger partial charge in [0.15, 0.2) is 0 Å². The molecule has 19 heavy (non-hydrogen) atoms. The second-order valence-corrected chi connectivity index (χ2v) is 5.36. The first-order valence-corrected chi connectivity index (χ1v) is 7.04. The second-order valence-electron chi connectivity index (χ2n) is 5.36. The van der Waals surface area contributed by atoms with Crippen LogP contribution >= 0.6 is 0 Å². The maximum absolute atomic E-state index is 6.19. The molecular formula is C14H23N5. The van der Waals surface area contributed by atoms with Gasteiger partial charge in [0.1, 0.15) is 0 Å². The molecule has 2 aromatic heterocycles. The molecule has 0 saturated carbocycles. The van der Waals surface area contributed by atoms with Gasteiger partial charge in [0, 0.05) is 6.04 Å². The standard InChI is InChI=1S/C14H23N5/c1-4-10(2)6-5-7-12(15)13-9-19-14(17-13)16-8-11(3)18-19/h8-10,12H,4-7,15H2,1-3H3. The number of aromatic nitrogens is 4. The highest BCUT2D eigenvalue weighted by Gasteiger charge is 2.12. The quantitative estimate of drug-likeness (QED) is 0.868. The van der Waals surface area contributed by atoms with Crippen molar-refractivity contribution in [1.82, 2.24) is 19.6 Å². The number of hydrogen-bond acceptors (Lipinski definition) is 4. The molecule has 0 aliphatic carbocycles. The van der Waals surface area contributed by atoms with Crippen LogP contribution in [0.5, 0.6) is 0 Å². The zero-order valence-corrected chi connectivity index (χ0v) is 12.0. The Hall–Kier alpha value is -1.49. The van der Waals surface area contributed by atoms with Crippen molar-refractivity contribution in [3.8, 4) is 0 Å². The van der Waals surface area contributed by atoms with Gasteiger partial charge in [-0.2, -0.15) is 5.10 Å². The number of rotatable bonds is 6. The summed E-state index contributed by atoms with van der Waals surface area (Å²) in [6.07, 6.45) is 8.19. The summed E-state index contributed by atoms with van der Waals surface area (Å²) in [6, 6.07) is -0.0205. The third kappa shape index (κ3) is 3.50. The Morgan fingerprint density at radius 1 is 1.37 bits per heavy atom. The monoisotopic (exact) mass is 261 g/mol. The summed E-state index contributed by atoms with van der Waals surface area (Å²) in [7, 11) is 0. The molecule has 0 aromatic carbocycles. The van der Waals surface area contributed by atoms with Crippen LogP contribution < -0.4 is 5.73 Å².